The molecule has 0 aliphatic carbocycles. The molecule has 0 bridgehead atoms. The molecule has 0 aliphatic rings. The molecule has 1 rings (SSSR count). The third-order valence-electron chi connectivity index (χ3n) is 3.42. The van der Waals surface area contributed by atoms with Crippen LogP contribution in [0.1, 0.15) is 60.2 Å². The fourth-order valence-electron chi connectivity index (χ4n) is 2.23. The Kier molecular flexibility index (Phi) is 5.81. The fourth-order valence-corrected chi connectivity index (χ4v) is 4.19. The summed E-state index contributed by atoms with van der Waals surface area (Å²) in [5.41, 5.74) is 0.175. The van der Waals surface area contributed by atoms with Crippen LogP contribution in [0.2, 0.25) is 0 Å². The zero-order valence-corrected chi connectivity index (χ0v) is 15.5. The molecule has 1 aromatic rings. The highest BCUT2D eigenvalue weighted by Gasteiger charge is 2.35. The Labute approximate surface area is 134 Å². The van der Waals surface area contributed by atoms with Crippen molar-refractivity contribution in [2.24, 2.45) is 0 Å². The van der Waals surface area contributed by atoms with E-state index >= 15 is 0 Å². The largest absolute Gasteiger partial charge is 0.395 e. The van der Waals surface area contributed by atoms with Crippen molar-refractivity contribution in [2.45, 2.75) is 70.9 Å². The molecule has 22 heavy (non-hydrogen) atoms. The standard InChI is InChI=1S/C15H29N3O3S/c1-11(2)17-10-13(14(16-17)15(5,6)7)22(20,21)18(8-9-19)12(3)4/h10-12,19H,8-9H2,1-7H3. The van der Waals surface area contributed by atoms with Crippen molar-refractivity contribution in [1.29, 1.82) is 0 Å². The lowest BCUT2D eigenvalue weighted by Crippen LogP contribution is -2.39. The van der Waals surface area contributed by atoms with Crippen molar-refractivity contribution in [2.75, 3.05) is 13.2 Å². The molecule has 0 atom stereocenters. The lowest BCUT2D eigenvalue weighted by molar-refractivity contribution is 0.236. The van der Waals surface area contributed by atoms with Gasteiger partial charge in [-0.1, -0.05) is 20.8 Å². The number of nitrogens with zero attached hydrogens (tertiary/aromatic N) is 3. The summed E-state index contributed by atoms with van der Waals surface area (Å²) in [5.74, 6) is 0. The summed E-state index contributed by atoms with van der Waals surface area (Å²) in [4.78, 5) is 0.232. The Morgan fingerprint density at radius 2 is 1.82 bits per heavy atom. The lowest BCUT2D eigenvalue weighted by Gasteiger charge is -2.26. The molecule has 1 N–H and O–H groups in total. The second-order valence-electron chi connectivity index (χ2n) is 7.10. The number of aliphatic hydroxyl groups excluding tert-OH is 1. The minimum Gasteiger partial charge on any atom is -0.395 e. The van der Waals surface area contributed by atoms with Crippen LogP contribution in [-0.2, 0) is 15.4 Å². The Bertz CT molecular complexity index is 598. The maximum atomic E-state index is 13.0. The number of sulfonamides is 1. The Hall–Kier alpha value is -0.920. The normalized spacial score (nSPS) is 13.6. The van der Waals surface area contributed by atoms with E-state index in [0.717, 1.165) is 0 Å². The van der Waals surface area contributed by atoms with E-state index in [1.54, 1.807) is 24.7 Å². The van der Waals surface area contributed by atoms with E-state index in [9.17, 15) is 13.5 Å². The highest BCUT2D eigenvalue weighted by atomic mass is 32.2. The van der Waals surface area contributed by atoms with Crippen molar-refractivity contribution < 1.29 is 13.5 Å². The molecule has 1 aromatic heterocycles. The van der Waals surface area contributed by atoms with Crippen LogP contribution in [0.4, 0.5) is 0 Å². The Balaban J connectivity index is 3.52. The van der Waals surface area contributed by atoms with E-state index in [2.05, 4.69) is 5.10 Å². The van der Waals surface area contributed by atoms with Gasteiger partial charge in [-0.05, 0) is 27.7 Å². The number of hydrogen-bond donors (Lipinski definition) is 1. The van der Waals surface area contributed by atoms with Gasteiger partial charge in [0, 0.05) is 30.2 Å². The molecular weight excluding hydrogens is 302 g/mol. The van der Waals surface area contributed by atoms with Gasteiger partial charge in [0.2, 0.25) is 10.0 Å². The molecule has 1 heterocycles. The average Bonchev–Trinajstić information content (AvgIpc) is 2.80. The summed E-state index contributed by atoms with van der Waals surface area (Å²) in [6.07, 6.45) is 1.60. The number of aromatic nitrogens is 2. The van der Waals surface area contributed by atoms with Crippen LogP contribution in [0.3, 0.4) is 0 Å². The maximum absolute atomic E-state index is 13.0. The quantitative estimate of drug-likeness (QED) is 0.866. The molecule has 128 valence electrons. The van der Waals surface area contributed by atoms with E-state index in [0.29, 0.717) is 5.69 Å². The molecule has 0 saturated carbocycles. The van der Waals surface area contributed by atoms with Crippen LogP contribution >= 0.6 is 0 Å². The van der Waals surface area contributed by atoms with Crippen LogP contribution in [0, 0.1) is 0 Å². The second kappa shape index (κ2) is 6.68. The van der Waals surface area contributed by atoms with Gasteiger partial charge in [-0.3, -0.25) is 4.68 Å². The minimum absolute atomic E-state index is 0.0791. The fraction of sp³-hybridized carbons (Fsp3) is 0.800. The summed E-state index contributed by atoms with van der Waals surface area (Å²) in [6, 6.07) is -0.150. The Morgan fingerprint density at radius 3 is 2.18 bits per heavy atom. The molecule has 0 unspecified atom stereocenters. The molecule has 6 nitrogen and oxygen atoms in total. The lowest BCUT2D eigenvalue weighted by atomic mass is 9.92. The van der Waals surface area contributed by atoms with E-state index in [-0.39, 0.29) is 35.5 Å². The molecule has 0 amide bonds. The number of aliphatic hydroxyl groups is 1. The van der Waals surface area contributed by atoms with Gasteiger partial charge in [0.15, 0.2) is 0 Å². The van der Waals surface area contributed by atoms with Crippen molar-refractivity contribution in [3.8, 4) is 0 Å². The summed E-state index contributed by atoms with van der Waals surface area (Å²) in [5, 5.41) is 13.7. The predicted molar refractivity (Wildman–Crippen MR) is 87.4 cm³/mol. The van der Waals surface area contributed by atoms with Crippen molar-refractivity contribution >= 4 is 10.0 Å². The van der Waals surface area contributed by atoms with Crippen LogP contribution in [0.5, 0.6) is 0 Å². The number of rotatable bonds is 6. The van der Waals surface area contributed by atoms with E-state index in [4.69, 9.17) is 0 Å². The van der Waals surface area contributed by atoms with Gasteiger partial charge in [-0.15, -0.1) is 0 Å². The first-order valence-electron chi connectivity index (χ1n) is 7.65. The smallest absolute Gasteiger partial charge is 0.246 e. The van der Waals surface area contributed by atoms with Gasteiger partial charge in [0.05, 0.1) is 12.3 Å². The zero-order chi connectivity index (χ0) is 17.3. The molecule has 0 aliphatic heterocycles. The Morgan fingerprint density at radius 1 is 1.27 bits per heavy atom. The van der Waals surface area contributed by atoms with Gasteiger partial charge in [0.25, 0.3) is 0 Å². The van der Waals surface area contributed by atoms with Crippen LogP contribution in [0.15, 0.2) is 11.1 Å². The monoisotopic (exact) mass is 331 g/mol. The van der Waals surface area contributed by atoms with Crippen LogP contribution < -0.4 is 0 Å². The van der Waals surface area contributed by atoms with Gasteiger partial charge in [-0.25, -0.2) is 8.42 Å². The minimum atomic E-state index is -3.70. The third-order valence-corrected chi connectivity index (χ3v) is 5.50. The first-order valence-corrected chi connectivity index (χ1v) is 9.09. The van der Waals surface area contributed by atoms with Crippen molar-refractivity contribution in [3.63, 3.8) is 0 Å². The highest BCUT2D eigenvalue weighted by molar-refractivity contribution is 7.89. The average molecular weight is 331 g/mol. The third kappa shape index (κ3) is 3.88. The number of hydrogen-bond acceptors (Lipinski definition) is 4. The summed E-state index contributed by atoms with van der Waals surface area (Å²) in [6.45, 7) is 13.2. The maximum Gasteiger partial charge on any atom is 0.246 e. The second-order valence-corrected chi connectivity index (χ2v) is 8.96. The molecule has 7 heteroatoms. The van der Waals surface area contributed by atoms with Crippen molar-refractivity contribution in [1.82, 2.24) is 14.1 Å². The first kappa shape index (κ1) is 19.1. The van der Waals surface area contributed by atoms with Gasteiger partial charge in [-0.2, -0.15) is 9.40 Å². The van der Waals surface area contributed by atoms with E-state index < -0.39 is 10.0 Å². The summed E-state index contributed by atoms with van der Waals surface area (Å²) in [7, 11) is -3.70. The summed E-state index contributed by atoms with van der Waals surface area (Å²) < 4.78 is 29.1. The van der Waals surface area contributed by atoms with Gasteiger partial charge < -0.3 is 5.11 Å². The zero-order valence-electron chi connectivity index (χ0n) is 14.7. The van der Waals surface area contributed by atoms with Crippen LogP contribution in [0.25, 0.3) is 0 Å². The topological polar surface area (TPSA) is 75.4 Å². The van der Waals surface area contributed by atoms with Gasteiger partial charge in [0.1, 0.15) is 4.90 Å². The van der Waals surface area contributed by atoms with Gasteiger partial charge >= 0.3 is 0 Å². The molecule has 0 aromatic carbocycles. The molecule has 0 fully saturated rings. The molecular formula is C15H29N3O3S. The first-order chi connectivity index (χ1) is 9.92. The van der Waals surface area contributed by atoms with Crippen LogP contribution in [-0.4, -0.2) is 46.8 Å². The molecule has 0 saturated heterocycles. The molecule has 0 radical (unpaired) electrons. The van der Waals surface area contributed by atoms with Crippen molar-refractivity contribution in [3.05, 3.63) is 11.9 Å². The highest BCUT2D eigenvalue weighted by Crippen LogP contribution is 2.31. The van der Waals surface area contributed by atoms with E-state index in [1.807, 2.05) is 34.6 Å². The predicted octanol–water partition coefficient (Wildman–Crippen LogP) is 2.15. The SMILES string of the molecule is CC(C)N(CCO)S(=O)(=O)c1cn(C(C)C)nc1C(C)(C)C. The molecule has 0 spiro atoms. The van der Waals surface area contributed by atoms with E-state index in [1.165, 1.54) is 4.31 Å². The summed E-state index contributed by atoms with van der Waals surface area (Å²) >= 11 is 0.